The summed E-state index contributed by atoms with van der Waals surface area (Å²) < 4.78 is 27.3. The summed E-state index contributed by atoms with van der Waals surface area (Å²) in [6.45, 7) is 3.00. The second-order valence-corrected chi connectivity index (χ2v) is 6.48. The molecular formula is C9H18N4O2S2. The van der Waals surface area contributed by atoms with E-state index in [9.17, 15) is 8.42 Å². The molecule has 0 unspecified atom stereocenters. The Bertz CT molecular complexity index is 444. The minimum absolute atomic E-state index is 0.230. The highest BCUT2D eigenvalue weighted by molar-refractivity contribution is 7.87. The fourth-order valence-electron chi connectivity index (χ4n) is 1.18. The fourth-order valence-corrected chi connectivity index (χ4v) is 2.89. The highest BCUT2D eigenvalue weighted by Crippen LogP contribution is 2.08. The third-order valence-electron chi connectivity index (χ3n) is 2.16. The number of rotatable bonds is 7. The van der Waals surface area contributed by atoms with Crippen molar-refractivity contribution >= 4 is 21.5 Å². The fraction of sp³-hybridized carbons (Fsp3) is 0.667. The predicted octanol–water partition coefficient (Wildman–Crippen LogP) is 0.0665. The van der Waals surface area contributed by atoms with Crippen molar-refractivity contribution < 1.29 is 8.42 Å². The second-order valence-electron chi connectivity index (χ2n) is 3.67. The van der Waals surface area contributed by atoms with Gasteiger partial charge in [-0.1, -0.05) is 0 Å². The molecule has 0 saturated heterocycles. The largest absolute Gasteiger partial charge is 0.330 e. The van der Waals surface area contributed by atoms with Gasteiger partial charge in [0, 0.05) is 24.7 Å². The minimum Gasteiger partial charge on any atom is -0.330 e. The van der Waals surface area contributed by atoms with E-state index in [-0.39, 0.29) is 6.54 Å². The first-order valence-electron chi connectivity index (χ1n) is 5.27. The van der Waals surface area contributed by atoms with Gasteiger partial charge in [0.2, 0.25) is 0 Å². The van der Waals surface area contributed by atoms with E-state index in [4.69, 9.17) is 5.73 Å². The van der Waals surface area contributed by atoms with Crippen LogP contribution in [0, 0.1) is 6.92 Å². The summed E-state index contributed by atoms with van der Waals surface area (Å²) in [4.78, 5) is 4.19. The van der Waals surface area contributed by atoms with Crippen LogP contribution in [0.4, 0.5) is 0 Å². The molecule has 1 aromatic rings. The number of hydrogen-bond donors (Lipinski definition) is 2. The molecule has 0 aliphatic carbocycles. The van der Waals surface area contributed by atoms with Crippen molar-refractivity contribution in [2.45, 2.75) is 19.9 Å². The molecule has 6 nitrogen and oxygen atoms in total. The van der Waals surface area contributed by atoms with Crippen LogP contribution < -0.4 is 10.5 Å². The summed E-state index contributed by atoms with van der Waals surface area (Å²) in [5, 5.41) is 2.65. The molecule has 17 heavy (non-hydrogen) atoms. The molecule has 0 aliphatic heterocycles. The van der Waals surface area contributed by atoms with Crippen molar-refractivity contribution in [2.75, 3.05) is 20.1 Å². The molecule has 0 radical (unpaired) electrons. The molecule has 0 aromatic carbocycles. The number of hydrogen-bond acceptors (Lipinski definition) is 5. The quantitative estimate of drug-likeness (QED) is 0.738. The van der Waals surface area contributed by atoms with E-state index in [1.54, 1.807) is 0 Å². The van der Waals surface area contributed by atoms with Gasteiger partial charge in [-0.15, -0.1) is 11.3 Å². The van der Waals surface area contributed by atoms with Gasteiger partial charge < -0.3 is 5.73 Å². The molecule has 0 saturated carbocycles. The Labute approximate surface area is 106 Å². The number of aromatic nitrogens is 1. The van der Waals surface area contributed by atoms with Crippen molar-refractivity contribution in [3.05, 3.63) is 16.1 Å². The first kappa shape index (κ1) is 14.5. The monoisotopic (exact) mass is 278 g/mol. The Hall–Kier alpha value is -0.540. The number of nitrogens with zero attached hydrogens (tertiary/aromatic N) is 2. The van der Waals surface area contributed by atoms with Gasteiger partial charge in [0.25, 0.3) is 10.2 Å². The summed E-state index contributed by atoms with van der Waals surface area (Å²) in [7, 11) is -1.89. The van der Waals surface area contributed by atoms with E-state index in [0.717, 1.165) is 10.7 Å². The van der Waals surface area contributed by atoms with Gasteiger partial charge in [0.1, 0.15) is 5.01 Å². The van der Waals surface area contributed by atoms with Crippen molar-refractivity contribution in [2.24, 2.45) is 5.73 Å². The van der Waals surface area contributed by atoms with E-state index in [0.29, 0.717) is 19.5 Å². The maximum Gasteiger partial charge on any atom is 0.279 e. The lowest BCUT2D eigenvalue weighted by Gasteiger charge is -2.16. The molecule has 1 rings (SSSR count). The first-order valence-corrected chi connectivity index (χ1v) is 7.59. The van der Waals surface area contributed by atoms with Gasteiger partial charge in [-0.2, -0.15) is 17.4 Å². The highest BCUT2D eigenvalue weighted by Gasteiger charge is 2.16. The zero-order valence-electron chi connectivity index (χ0n) is 10.0. The SMILES string of the molecule is Cc1csc(CNS(=O)(=O)N(C)CCCN)n1. The third kappa shape index (κ3) is 4.68. The van der Waals surface area contributed by atoms with Crippen molar-refractivity contribution in [3.63, 3.8) is 0 Å². The molecule has 1 heterocycles. The minimum atomic E-state index is -3.43. The van der Waals surface area contributed by atoms with E-state index in [1.807, 2.05) is 12.3 Å². The Morgan fingerprint density at radius 1 is 1.59 bits per heavy atom. The van der Waals surface area contributed by atoms with Crippen molar-refractivity contribution in [1.82, 2.24) is 14.0 Å². The third-order valence-corrected chi connectivity index (χ3v) is 4.64. The van der Waals surface area contributed by atoms with Gasteiger partial charge in [-0.05, 0) is 19.9 Å². The maximum atomic E-state index is 11.8. The molecule has 98 valence electrons. The van der Waals surface area contributed by atoms with Gasteiger partial charge in [0.05, 0.1) is 6.54 Å². The van der Waals surface area contributed by atoms with Crippen LogP contribution in [0.1, 0.15) is 17.1 Å². The predicted molar refractivity (Wildman–Crippen MR) is 68.9 cm³/mol. The van der Waals surface area contributed by atoms with Crippen LogP contribution in [0.5, 0.6) is 0 Å². The average molecular weight is 278 g/mol. The van der Waals surface area contributed by atoms with Gasteiger partial charge in [0.15, 0.2) is 0 Å². The van der Waals surface area contributed by atoms with Gasteiger partial charge in [-0.3, -0.25) is 0 Å². The lowest BCUT2D eigenvalue weighted by molar-refractivity contribution is 0.452. The number of nitrogens with one attached hydrogen (secondary N) is 1. The van der Waals surface area contributed by atoms with Crippen LogP contribution >= 0.6 is 11.3 Å². The summed E-state index contributed by atoms with van der Waals surface area (Å²) in [6, 6.07) is 0. The molecule has 0 aliphatic rings. The lowest BCUT2D eigenvalue weighted by atomic mass is 10.4. The second kappa shape index (κ2) is 6.41. The average Bonchev–Trinajstić information content (AvgIpc) is 2.69. The normalized spacial score (nSPS) is 12.2. The topological polar surface area (TPSA) is 88.3 Å². The Kier molecular flexibility index (Phi) is 5.47. The molecule has 8 heteroatoms. The molecular weight excluding hydrogens is 260 g/mol. The summed E-state index contributed by atoms with van der Waals surface area (Å²) in [5.41, 5.74) is 6.24. The van der Waals surface area contributed by atoms with E-state index in [1.165, 1.54) is 22.7 Å². The highest BCUT2D eigenvalue weighted by atomic mass is 32.2. The molecule has 0 amide bonds. The zero-order chi connectivity index (χ0) is 12.9. The molecule has 0 atom stereocenters. The molecule has 0 fully saturated rings. The van der Waals surface area contributed by atoms with E-state index < -0.39 is 10.2 Å². The standard InChI is InChI=1S/C9H18N4O2S2/c1-8-7-16-9(12-8)6-11-17(14,15)13(2)5-3-4-10/h7,11H,3-6,10H2,1-2H3. The smallest absolute Gasteiger partial charge is 0.279 e. The summed E-state index contributed by atoms with van der Waals surface area (Å²) in [5.74, 6) is 0. The number of nitrogens with two attached hydrogens (primary N) is 1. The van der Waals surface area contributed by atoms with Crippen LogP contribution in [0.15, 0.2) is 5.38 Å². The molecule has 3 N–H and O–H groups in total. The van der Waals surface area contributed by atoms with Crippen LogP contribution in [0.25, 0.3) is 0 Å². The van der Waals surface area contributed by atoms with Crippen molar-refractivity contribution in [1.29, 1.82) is 0 Å². The van der Waals surface area contributed by atoms with Crippen LogP contribution in [0.2, 0.25) is 0 Å². The number of thiazole rings is 1. The molecule has 0 spiro atoms. The molecule has 0 bridgehead atoms. The number of aryl methyl sites for hydroxylation is 1. The summed E-state index contributed by atoms with van der Waals surface area (Å²) >= 11 is 1.44. The molecule has 1 aromatic heterocycles. The lowest BCUT2D eigenvalue weighted by Crippen LogP contribution is -2.38. The van der Waals surface area contributed by atoms with Gasteiger partial charge >= 0.3 is 0 Å². The van der Waals surface area contributed by atoms with Gasteiger partial charge in [-0.25, -0.2) is 4.98 Å². The van der Waals surface area contributed by atoms with E-state index >= 15 is 0 Å². The first-order chi connectivity index (χ1) is 7.95. The van der Waals surface area contributed by atoms with Crippen LogP contribution in [0.3, 0.4) is 0 Å². The zero-order valence-corrected chi connectivity index (χ0v) is 11.6. The maximum absolute atomic E-state index is 11.8. The Morgan fingerprint density at radius 3 is 2.82 bits per heavy atom. The Balaban J connectivity index is 2.49. The Morgan fingerprint density at radius 2 is 2.29 bits per heavy atom. The van der Waals surface area contributed by atoms with Crippen LogP contribution in [-0.4, -0.2) is 37.8 Å². The summed E-state index contributed by atoms with van der Waals surface area (Å²) in [6.07, 6.45) is 0.647. The van der Waals surface area contributed by atoms with Crippen molar-refractivity contribution in [3.8, 4) is 0 Å². The van der Waals surface area contributed by atoms with E-state index in [2.05, 4.69) is 9.71 Å². The van der Waals surface area contributed by atoms with Crippen LogP contribution in [-0.2, 0) is 16.8 Å².